The fourth-order valence-corrected chi connectivity index (χ4v) is 4.84. The summed E-state index contributed by atoms with van der Waals surface area (Å²) in [5, 5.41) is 4.21. The zero-order valence-electron chi connectivity index (χ0n) is 19.3. The molecule has 3 aromatic carbocycles. The quantitative estimate of drug-likeness (QED) is 0.561. The average Bonchev–Trinajstić information content (AvgIpc) is 3.40. The lowest BCUT2D eigenvalue weighted by atomic mass is 9.96. The minimum Gasteiger partial charge on any atom is -0.496 e. The number of carbonyl (C=O) groups excluding carboxylic acids is 1. The first-order chi connectivity index (χ1) is 16.7. The third kappa shape index (κ3) is 4.54. The highest BCUT2D eigenvalue weighted by Gasteiger charge is 2.35. The minimum absolute atomic E-state index is 0.00395. The van der Waals surface area contributed by atoms with Gasteiger partial charge in [-0.3, -0.25) is 9.69 Å². The highest BCUT2D eigenvalue weighted by Crippen LogP contribution is 2.30. The molecule has 34 heavy (non-hydrogen) atoms. The molecule has 0 radical (unpaired) electrons. The van der Waals surface area contributed by atoms with Crippen LogP contribution in [0.5, 0.6) is 5.75 Å². The van der Waals surface area contributed by atoms with Gasteiger partial charge in [-0.25, -0.2) is 0 Å². The Morgan fingerprint density at radius 2 is 1.47 bits per heavy atom. The van der Waals surface area contributed by atoms with Crippen LogP contribution < -0.4 is 4.74 Å². The lowest BCUT2D eigenvalue weighted by Gasteiger charge is -2.40. The lowest BCUT2D eigenvalue weighted by molar-refractivity contribution is -0.144. The van der Waals surface area contributed by atoms with Crippen LogP contribution in [0.15, 0.2) is 90.1 Å². The molecule has 0 saturated carbocycles. The van der Waals surface area contributed by atoms with Crippen molar-refractivity contribution in [3.8, 4) is 5.75 Å². The molecule has 1 amide bonds. The topological polar surface area (TPSA) is 54.4 Å². The third-order valence-corrected chi connectivity index (χ3v) is 6.58. The van der Waals surface area contributed by atoms with Gasteiger partial charge in [0.15, 0.2) is 0 Å². The van der Waals surface area contributed by atoms with E-state index < -0.39 is 6.10 Å². The fourth-order valence-electron chi connectivity index (χ4n) is 4.84. The first-order valence-electron chi connectivity index (χ1n) is 11.7. The Morgan fingerprint density at radius 3 is 2.09 bits per heavy atom. The van der Waals surface area contributed by atoms with E-state index in [1.807, 2.05) is 41.3 Å². The number of para-hydroxylation sites is 1. The van der Waals surface area contributed by atoms with Gasteiger partial charge in [0.1, 0.15) is 5.75 Å². The van der Waals surface area contributed by atoms with Gasteiger partial charge in [-0.1, -0.05) is 78.0 Å². The number of nitrogens with zero attached hydrogens (tertiary/aromatic N) is 3. The van der Waals surface area contributed by atoms with Crippen LogP contribution >= 0.6 is 0 Å². The van der Waals surface area contributed by atoms with Gasteiger partial charge in [0, 0.05) is 38.2 Å². The molecule has 0 N–H and O–H groups in total. The summed E-state index contributed by atoms with van der Waals surface area (Å²) in [4.78, 5) is 23.2. The molecule has 3 aromatic rings. The van der Waals surface area contributed by atoms with E-state index in [0.717, 1.165) is 30.1 Å². The van der Waals surface area contributed by atoms with Crippen LogP contribution in [0.25, 0.3) is 0 Å². The molecule has 2 aliphatic rings. The number of hydrogen-bond acceptors (Lipinski definition) is 5. The Labute approximate surface area is 200 Å². The fraction of sp³-hybridized carbons (Fsp3) is 0.286. The molecule has 5 rings (SSSR count). The summed E-state index contributed by atoms with van der Waals surface area (Å²) in [7, 11) is 1.63. The minimum atomic E-state index is -0.578. The normalized spacial score (nSPS) is 18.5. The van der Waals surface area contributed by atoms with Crippen molar-refractivity contribution in [3.63, 3.8) is 0 Å². The smallest absolute Gasteiger partial charge is 0.266 e. The molecule has 174 valence electrons. The number of amides is 1. The summed E-state index contributed by atoms with van der Waals surface area (Å²) in [6.07, 6.45) is -0.124. The molecule has 6 nitrogen and oxygen atoms in total. The maximum absolute atomic E-state index is 13.2. The molecular formula is C28H29N3O3. The molecule has 0 unspecified atom stereocenters. The van der Waals surface area contributed by atoms with Crippen molar-refractivity contribution in [2.75, 3.05) is 33.3 Å². The van der Waals surface area contributed by atoms with Crippen molar-refractivity contribution in [1.82, 2.24) is 9.80 Å². The van der Waals surface area contributed by atoms with Crippen molar-refractivity contribution >= 4 is 11.6 Å². The van der Waals surface area contributed by atoms with E-state index in [9.17, 15) is 4.79 Å². The van der Waals surface area contributed by atoms with Crippen LogP contribution in [0, 0.1) is 0 Å². The van der Waals surface area contributed by atoms with Crippen LogP contribution in [0.4, 0.5) is 0 Å². The first kappa shape index (κ1) is 22.2. The zero-order valence-corrected chi connectivity index (χ0v) is 19.3. The summed E-state index contributed by atoms with van der Waals surface area (Å²) in [5.74, 6) is 0.740. The largest absolute Gasteiger partial charge is 0.496 e. The van der Waals surface area contributed by atoms with Crippen LogP contribution in [-0.4, -0.2) is 60.8 Å². The van der Waals surface area contributed by atoms with Gasteiger partial charge in [0.05, 0.1) is 18.9 Å². The molecule has 0 bridgehead atoms. The van der Waals surface area contributed by atoms with Crippen molar-refractivity contribution in [3.05, 3.63) is 102 Å². The Morgan fingerprint density at radius 1 is 0.882 bits per heavy atom. The Hall–Kier alpha value is -3.64. The van der Waals surface area contributed by atoms with Gasteiger partial charge in [0.2, 0.25) is 6.10 Å². The number of rotatable bonds is 6. The number of oxime groups is 1. The van der Waals surface area contributed by atoms with E-state index in [4.69, 9.17) is 9.57 Å². The second kappa shape index (κ2) is 10.1. The number of piperazine rings is 1. The molecule has 1 atom stereocenters. The summed E-state index contributed by atoms with van der Waals surface area (Å²) in [6, 6.07) is 29.0. The predicted octanol–water partition coefficient (Wildman–Crippen LogP) is 4.12. The summed E-state index contributed by atoms with van der Waals surface area (Å²) in [6.45, 7) is 2.93. The molecule has 2 heterocycles. The maximum Gasteiger partial charge on any atom is 0.266 e. The molecule has 2 aliphatic heterocycles. The van der Waals surface area contributed by atoms with Crippen molar-refractivity contribution < 1.29 is 14.4 Å². The van der Waals surface area contributed by atoms with Crippen molar-refractivity contribution in [2.24, 2.45) is 5.16 Å². The summed E-state index contributed by atoms with van der Waals surface area (Å²) >= 11 is 0. The van der Waals surface area contributed by atoms with Crippen molar-refractivity contribution in [1.29, 1.82) is 0 Å². The van der Waals surface area contributed by atoms with Gasteiger partial charge in [-0.15, -0.1) is 0 Å². The number of methoxy groups -OCH3 is 1. The van der Waals surface area contributed by atoms with Gasteiger partial charge in [-0.05, 0) is 23.3 Å². The molecule has 1 saturated heterocycles. The maximum atomic E-state index is 13.2. The molecule has 0 spiro atoms. The number of hydrogen-bond donors (Lipinski definition) is 0. The Kier molecular flexibility index (Phi) is 6.58. The Bertz CT molecular complexity index is 1100. The molecule has 1 fully saturated rings. The SMILES string of the molecule is COc1ccccc1C1=NO[C@@H](C(=O)N2CCN(C(c3ccccc3)c3ccccc3)CC2)C1. The van der Waals surface area contributed by atoms with Crippen LogP contribution in [-0.2, 0) is 9.63 Å². The molecule has 0 aromatic heterocycles. The first-order valence-corrected chi connectivity index (χ1v) is 11.7. The standard InChI is InChI=1S/C28H29N3O3/c1-33-25-15-9-8-14-23(25)24-20-26(34-29-24)28(32)31-18-16-30(17-19-31)27(21-10-4-2-5-11-21)22-12-6-3-7-13-22/h2-15,26-27H,16-20H2,1H3/t26-/m1/s1. The van der Waals surface area contributed by atoms with Crippen LogP contribution in [0.3, 0.4) is 0 Å². The molecule has 0 aliphatic carbocycles. The monoisotopic (exact) mass is 455 g/mol. The Balaban J connectivity index is 1.24. The van der Waals surface area contributed by atoms with E-state index in [0.29, 0.717) is 19.5 Å². The zero-order chi connectivity index (χ0) is 23.3. The highest BCUT2D eigenvalue weighted by molar-refractivity contribution is 6.05. The van der Waals surface area contributed by atoms with E-state index in [1.54, 1.807) is 7.11 Å². The van der Waals surface area contributed by atoms with Crippen LogP contribution in [0.2, 0.25) is 0 Å². The lowest BCUT2D eigenvalue weighted by Crippen LogP contribution is -2.52. The molecule has 6 heteroatoms. The van der Waals surface area contributed by atoms with Gasteiger partial charge in [0.25, 0.3) is 5.91 Å². The van der Waals surface area contributed by atoms with Gasteiger partial charge >= 0.3 is 0 Å². The van der Waals surface area contributed by atoms with Gasteiger partial charge in [-0.2, -0.15) is 0 Å². The van der Waals surface area contributed by atoms with Gasteiger partial charge < -0.3 is 14.5 Å². The third-order valence-electron chi connectivity index (χ3n) is 6.58. The summed E-state index contributed by atoms with van der Waals surface area (Å²) in [5.41, 5.74) is 4.16. The number of ether oxygens (including phenoxy) is 1. The second-order valence-electron chi connectivity index (χ2n) is 8.62. The number of carbonyl (C=O) groups is 1. The van der Waals surface area contributed by atoms with E-state index in [2.05, 4.69) is 58.6 Å². The van der Waals surface area contributed by atoms with E-state index in [1.165, 1.54) is 11.1 Å². The summed E-state index contributed by atoms with van der Waals surface area (Å²) < 4.78 is 5.44. The number of benzene rings is 3. The average molecular weight is 456 g/mol. The van der Waals surface area contributed by atoms with Crippen molar-refractivity contribution in [2.45, 2.75) is 18.6 Å². The second-order valence-corrected chi connectivity index (χ2v) is 8.62. The highest BCUT2D eigenvalue weighted by atomic mass is 16.6. The van der Waals surface area contributed by atoms with E-state index in [-0.39, 0.29) is 11.9 Å². The molecular weight excluding hydrogens is 426 g/mol. The predicted molar refractivity (Wildman–Crippen MR) is 132 cm³/mol. The van der Waals surface area contributed by atoms with E-state index >= 15 is 0 Å². The van der Waals surface area contributed by atoms with Crippen LogP contribution in [0.1, 0.15) is 29.2 Å².